The number of benzene rings is 1. The fraction of sp³-hybridized carbons (Fsp3) is 0.444. The molecule has 2 aromatic rings. The van der Waals surface area contributed by atoms with Crippen LogP contribution in [0.3, 0.4) is 0 Å². The third-order valence-corrected chi connectivity index (χ3v) is 5.71. The van der Waals surface area contributed by atoms with Gasteiger partial charge in [0.25, 0.3) is 0 Å². The zero-order chi connectivity index (χ0) is 17.6. The number of nitrogens with one attached hydrogen (secondary N) is 1. The Morgan fingerprint density at radius 2 is 2.00 bits per heavy atom. The minimum Gasteiger partial charge on any atom is -0.361 e. The van der Waals surface area contributed by atoms with Crippen molar-refractivity contribution in [3.05, 3.63) is 39.6 Å². The van der Waals surface area contributed by atoms with E-state index in [4.69, 9.17) is 27.7 Å². The van der Waals surface area contributed by atoms with Gasteiger partial charge in [0.2, 0.25) is 5.91 Å². The quantitative estimate of drug-likeness (QED) is 0.880. The van der Waals surface area contributed by atoms with Crippen LogP contribution in [0.4, 0.5) is 0 Å². The largest absolute Gasteiger partial charge is 0.361 e. The van der Waals surface area contributed by atoms with Gasteiger partial charge in [-0.3, -0.25) is 4.79 Å². The number of aromatic nitrogens is 1. The van der Waals surface area contributed by atoms with E-state index in [9.17, 15) is 4.79 Å². The number of aryl methyl sites for hydroxylation is 1. The Morgan fingerprint density at radius 3 is 2.76 bits per heavy atom. The van der Waals surface area contributed by atoms with Crippen LogP contribution in [0.2, 0.25) is 10.0 Å². The third kappa shape index (κ3) is 3.16. The van der Waals surface area contributed by atoms with Crippen LogP contribution in [0.25, 0.3) is 11.3 Å². The lowest BCUT2D eigenvalue weighted by Crippen LogP contribution is -2.37. The molecule has 25 heavy (non-hydrogen) atoms. The Balaban J connectivity index is 1.67. The fourth-order valence-electron chi connectivity index (χ4n) is 3.76. The average molecular weight is 380 g/mol. The van der Waals surface area contributed by atoms with Crippen LogP contribution in [0, 0.1) is 6.92 Å². The summed E-state index contributed by atoms with van der Waals surface area (Å²) >= 11 is 12.7. The minimum absolute atomic E-state index is 0.163. The molecule has 2 saturated heterocycles. The highest BCUT2D eigenvalue weighted by Gasteiger charge is 2.34. The summed E-state index contributed by atoms with van der Waals surface area (Å²) in [6, 6.07) is 6.02. The number of amides is 1. The molecule has 0 spiro atoms. The number of likely N-dealkylation sites (tertiary alicyclic amines) is 1. The van der Waals surface area contributed by atoms with Crippen LogP contribution >= 0.6 is 23.2 Å². The van der Waals surface area contributed by atoms with E-state index < -0.39 is 0 Å². The fourth-order valence-corrected chi connectivity index (χ4v) is 4.33. The molecular weight excluding hydrogens is 361 g/mol. The van der Waals surface area contributed by atoms with Crippen molar-refractivity contribution in [2.75, 3.05) is 6.54 Å². The van der Waals surface area contributed by atoms with Gasteiger partial charge in [0.15, 0.2) is 0 Å². The first-order valence-corrected chi connectivity index (χ1v) is 9.22. The van der Waals surface area contributed by atoms with E-state index in [1.165, 1.54) is 0 Å². The molecule has 0 aliphatic carbocycles. The second-order valence-electron chi connectivity index (χ2n) is 6.78. The molecule has 2 aliphatic heterocycles. The van der Waals surface area contributed by atoms with Crippen LogP contribution in [0.1, 0.15) is 30.6 Å². The van der Waals surface area contributed by atoms with Crippen molar-refractivity contribution in [2.45, 2.75) is 44.8 Å². The highest BCUT2D eigenvalue weighted by atomic mass is 35.5. The molecule has 1 aromatic carbocycles. The van der Waals surface area contributed by atoms with Gasteiger partial charge in [0.1, 0.15) is 11.5 Å². The Kier molecular flexibility index (Phi) is 4.48. The summed E-state index contributed by atoms with van der Waals surface area (Å²) in [6.45, 7) is 3.01. The molecule has 2 aliphatic rings. The number of carbonyl (C=O) groups excluding carboxylic acids is 1. The van der Waals surface area contributed by atoms with Gasteiger partial charge < -0.3 is 14.7 Å². The lowest BCUT2D eigenvalue weighted by atomic mass is 10.0. The number of hydrogen-bond donors (Lipinski definition) is 1. The Bertz CT molecular complexity index is 800. The molecule has 3 heterocycles. The van der Waals surface area contributed by atoms with Gasteiger partial charge in [-0.15, -0.1) is 0 Å². The van der Waals surface area contributed by atoms with E-state index in [0.717, 1.165) is 18.4 Å². The van der Waals surface area contributed by atoms with Crippen LogP contribution in [0.15, 0.2) is 22.7 Å². The van der Waals surface area contributed by atoms with E-state index in [-0.39, 0.29) is 5.91 Å². The molecule has 1 N–H and O–H groups in total. The van der Waals surface area contributed by atoms with Gasteiger partial charge in [-0.25, -0.2) is 0 Å². The molecule has 132 valence electrons. The molecule has 2 bridgehead atoms. The molecule has 5 nitrogen and oxygen atoms in total. The Labute approximate surface area is 156 Å². The highest BCUT2D eigenvalue weighted by molar-refractivity contribution is 6.39. The summed E-state index contributed by atoms with van der Waals surface area (Å²) in [4.78, 5) is 14.5. The summed E-state index contributed by atoms with van der Waals surface area (Å²) in [5, 5.41) is 8.74. The van der Waals surface area contributed by atoms with Gasteiger partial charge in [-0.2, -0.15) is 0 Å². The number of fused-ring (bicyclic) bond motifs is 2. The van der Waals surface area contributed by atoms with Gasteiger partial charge in [0.05, 0.1) is 16.6 Å². The molecule has 0 saturated carbocycles. The zero-order valence-corrected chi connectivity index (χ0v) is 15.4. The van der Waals surface area contributed by atoms with Gasteiger partial charge in [-0.1, -0.05) is 34.4 Å². The first-order valence-electron chi connectivity index (χ1n) is 8.46. The van der Waals surface area contributed by atoms with E-state index in [1.807, 2.05) is 11.8 Å². The lowest BCUT2D eigenvalue weighted by molar-refractivity contribution is -0.131. The maximum absolute atomic E-state index is 12.6. The van der Waals surface area contributed by atoms with Crippen LogP contribution in [-0.4, -0.2) is 34.6 Å². The summed E-state index contributed by atoms with van der Waals surface area (Å²) in [5.74, 6) is 0.845. The lowest BCUT2D eigenvalue weighted by Gasteiger charge is -2.24. The maximum atomic E-state index is 12.6. The highest BCUT2D eigenvalue weighted by Crippen LogP contribution is 2.37. The number of hydrogen-bond acceptors (Lipinski definition) is 4. The zero-order valence-electron chi connectivity index (χ0n) is 13.9. The number of halogens is 2. The molecular formula is C18H19Cl2N3O2. The Hall–Kier alpha value is -1.56. The van der Waals surface area contributed by atoms with Gasteiger partial charge >= 0.3 is 0 Å². The molecule has 1 aromatic heterocycles. The summed E-state index contributed by atoms with van der Waals surface area (Å²) in [6.07, 6.45) is 2.74. The molecule has 7 heteroatoms. The monoisotopic (exact) mass is 379 g/mol. The number of carbonyl (C=O) groups is 1. The van der Waals surface area contributed by atoms with Gasteiger partial charge in [-0.05, 0) is 31.9 Å². The van der Waals surface area contributed by atoms with Gasteiger partial charge in [0, 0.05) is 36.2 Å². The van der Waals surface area contributed by atoms with E-state index >= 15 is 0 Å². The molecule has 4 rings (SSSR count). The first-order chi connectivity index (χ1) is 12.0. The third-order valence-electron chi connectivity index (χ3n) is 5.08. The van der Waals surface area contributed by atoms with Crippen molar-refractivity contribution >= 4 is 29.1 Å². The molecule has 2 fully saturated rings. The van der Waals surface area contributed by atoms with Crippen LogP contribution < -0.4 is 5.32 Å². The molecule has 1 amide bonds. The first kappa shape index (κ1) is 16.9. The predicted octanol–water partition coefficient (Wildman–Crippen LogP) is 3.81. The minimum atomic E-state index is 0.163. The van der Waals surface area contributed by atoms with E-state index in [1.54, 1.807) is 18.2 Å². The molecule has 0 radical (unpaired) electrons. The molecule has 0 unspecified atom stereocenters. The Morgan fingerprint density at radius 1 is 1.28 bits per heavy atom. The second kappa shape index (κ2) is 6.63. The number of nitrogens with zero attached hydrogens (tertiary/aromatic N) is 2. The maximum Gasteiger partial charge on any atom is 0.224 e. The summed E-state index contributed by atoms with van der Waals surface area (Å²) in [7, 11) is 0. The van der Waals surface area contributed by atoms with E-state index in [0.29, 0.717) is 58.7 Å². The smallest absolute Gasteiger partial charge is 0.224 e. The predicted molar refractivity (Wildman–Crippen MR) is 96.7 cm³/mol. The van der Waals surface area contributed by atoms with Crippen LogP contribution in [0.5, 0.6) is 0 Å². The molecule has 2 atom stereocenters. The standard InChI is InChI=1S/C18H19Cl2N3O2/c1-10-13(9-23-8-12-6-5-11(21-12)7-16(23)24)18(22-25-10)17-14(19)3-2-4-15(17)20/h2-4,11-12,21H,5-9H2,1H3/t11-,12+/m1/s1. The van der Waals surface area contributed by atoms with Crippen molar-refractivity contribution in [1.82, 2.24) is 15.4 Å². The van der Waals surface area contributed by atoms with Crippen molar-refractivity contribution < 1.29 is 9.32 Å². The van der Waals surface area contributed by atoms with Crippen molar-refractivity contribution in [1.29, 1.82) is 0 Å². The van der Waals surface area contributed by atoms with Crippen molar-refractivity contribution in [3.63, 3.8) is 0 Å². The normalized spacial score (nSPS) is 23.2. The van der Waals surface area contributed by atoms with Crippen LogP contribution in [-0.2, 0) is 11.3 Å². The number of rotatable bonds is 3. The van der Waals surface area contributed by atoms with Crippen molar-refractivity contribution in [2.24, 2.45) is 0 Å². The topological polar surface area (TPSA) is 58.4 Å². The summed E-state index contributed by atoms with van der Waals surface area (Å²) in [5.41, 5.74) is 2.13. The van der Waals surface area contributed by atoms with E-state index in [2.05, 4.69) is 10.5 Å². The SMILES string of the molecule is Cc1onc(-c2c(Cl)cccc2Cl)c1CN1C[C@@H]2CC[C@H](CC1=O)N2. The summed E-state index contributed by atoms with van der Waals surface area (Å²) < 4.78 is 5.41. The average Bonchev–Trinajstić information content (AvgIpc) is 3.10. The van der Waals surface area contributed by atoms with Crippen molar-refractivity contribution in [3.8, 4) is 11.3 Å². The second-order valence-corrected chi connectivity index (χ2v) is 7.59.